The molecule has 0 saturated carbocycles. The molecule has 0 heterocycles. The standard InChI is InChI=1S/C22H24O5/c1-26-21-16-5-3-4-6-18(23)13-19(24)15-9-7-14(8-10-15)11-17(12-16)22(27-2)20(21)25/h3-10,12,18-19,23-25H,11,13H2,1-2H3/b5-3-,6-4-/t18-,19-/m0/s1. The molecule has 2 atom stereocenters. The van der Waals surface area contributed by atoms with Crippen LogP contribution in [0.25, 0.3) is 6.08 Å². The van der Waals surface area contributed by atoms with Gasteiger partial charge in [0.2, 0.25) is 5.75 Å². The zero-order chi connectivity index (χ0) is 19.4. The average Bonchev–Trinajstić information content (AvgIpc) is 2.66. The lowest BCUT2D eigenvalue weighted by Crippen LogP contribution is -2.09. The highest BCUT2D eigenvalue weighted by molar-refractivity contribution is 5.69. The Labute approximate surface area is 158 Å². The van der Waals surface area contributed by atoms with Crippen molar-refractivity contribution in [2.75, 3.05) is 14.2 Å². The van der Waals surface area contributed by atoms with Gasteiger partial charge in [-0.15, -0.1) is 0 Å². The Bertz CT molecular complexity index is 852. The summed E-state index contributed by atoms with van der Waals surface area (Å²) in [4.78, 5) is 0. The second-order valence-electron chi connectivity index (χ2n) is 6.52. The van der Waals surface area contributed by atoms with Crippen LogP contribution in [-0.4, -0.2) is 35.6 Å². The van der Waals surface area contributed by atoms with Gasteiger partial charge in [0.05, 0.1) is 26.4 Å². The first kappa shape index (κ1) is 19.0. The number of benzene rings is 2. The largest absolute Gasteiger partial charge is 0.502 e. The molecule has 0 aromatic heterocycles. The van der Waals surface area contributed by atoms with Crippen molar-refractivity contribution >= 4 is 6.08 Å². The number of ether oxygens (including phenoxy) is 2. The van der Waals surface area contributed by atoms with E-state index in [1.165, 1.54) is 14.2 Å². The summed E-state index contributed by atoms with van der Waals surface area (Å²) in [6.07, 6.45) is 6.14. The first-order chi connectivity index (χ1) is 13.0. The Hall–Kier alpha value is -2.76. The zero-order valence-corrected chi connectivity index (χ0v) is 15.4. The minimum Gasteiger partial charge on any atom is -0.502 e. The summed E-state index contributed by atoms with van der Waals surface area (Å²) >= 11 is 0. The molecule has 0 radical (unpaired) electrons. The smallest absolute Gasteiger partial charge is 0.201 e. The van der Waals surface area contributed by atoms with Crippen LogP contribution in [0.1, 0.15) is 34.8 Å². The Balaban J connectivity index is 2.14. The van der Waals surface area contributed by atoms with E-state index in [1.807, 2.05) is 30.3 Å². The zero-order valence-electron chi connectivity index (χ0n) is 15.4. The van der Waals surface area contributed by atoms with E-state index in [2.05, 4.69) is 0 Å². The monoisotopic (exact) mass is 368 g/mol. The van der Waals surface area contributed by atoms with E-state index in [0.717, 1.165) is 16.7 Å². The van der Waals surface area contributed by atoms with Crippen LogP contribution in [0.5, 0.6) is 17.2 Å². The molecule has 4 bridgehead atoms. The van der Waals surface area contributed by atoms with Gasteiger partial charge in [0.25, 0.3) is 0 Å². The van der Waals surface area contributed by atoms with Gasteiger partial charge >= 0.3 is 0 Å². The van der Waals surface area contributed by atoms with Crippen molar-refractivity contribution in [3.8, 4) is 17.2 Å². The van der Waals surface area contributed by atoms with Crippen LogP contribution in [0.15, 0.2) is 48.6 Å². The van der Waals surface area contributed by atoms with E-state index < -0.39 is 12.2 Å². The molecule has 2 aliphatic carbocycles. The lowest BCUT2D eigenvalue weighted by Gasteiger charge is -2.16. The van der Waals surface area contributed by atoms with E-state index in [1.54, 1.807) is 24.3 Å². The van der Waals surface area contributed by atoms with E-state index in [9.17, 15) is 15.3 Å². The quantitative estimate of drug-likeness (QED) is 0.757. The van der Waals surface area contributed by atoms with E-state index >= 15 is 0 Å². The number of hydrogen-bond acceptors (Lipinski definition) is 5. The second kappa shape index (κ2) is 8.29. The van der Waals surface area contributed by atoms with Crippen LogP contribution in [0.3, 0.4) is 0 Å². The number of aliphatic hydroxyl groups excluding tert-OH is 2. The molecule has 2 aromatic carbocycles. The Morgan fingerprint density at radius 3 is 2.33 bits per heavy atom. The van der Waals surface area contributed by atoms with E-state index in [4.69, 9.17) is 9.47 Å². The van der Waals surface area contributed by atoms with Gasteiger partial charge in [0.15, 0.2) is 11.5 Å². The topological polar surface area (TPSA) is 79.2 Å². The third-order valence-corrected chi connectivity index (χ3v) is 4.67. The molecule has 142 valence electrons. The van der Waals surface area contributed by atoms with Gasteiger partial charge in [-0.25, -0.2) is 0 Å². The van der Waals surface area contributed by atoms with Gasteiger partial charge in [0.1, 0.15) is 0 Å². The van der Waals surface area contributed by atoms with Gasteiger partial charge in [-0.05, 0) is 17.2 Å². The third-order valence-electron chi connectivity index (χ3n) is 4.67. The van der Waals surface area contributed by atoms with Crippen molar-refractivity contribution in [1.29, 1.82) is 0 Å². The fourth-order valence-corrected chi connectivity index (χ4v) is 3.28. The highest BCUT2D eigenvalue weighted by Crippen LogP contribution is 2.43. The fourth-order valence-electron chi connectivity index (χ4n) is 3.28. The van der Waals surface area contributed by atoms with Crippen LogP contribution in [0.4, 0.5) is 0 Å². The van der Waals surface area contributed by atoms with Crippen molar-refractivity contribution in [3.63, 3.8) is 0 Å². The Kier molecular flexibility index (Phi) is 5.84. The maximum Gasteiger partial charge on any atom is 0.201 e. The molecule has 0 amide bonds. The van der Waals surface area contributed by atoms with Crippen molar-refractivity contribution in [2.45, 2.75) is 25.0 Å². The number of rotatable bonds is 2. The minimum atomic E-state index is -0.767. The highest BCUT2D eigenvalue weighted by atomic mass is 16.5. The summed E-state index contributed by atoms with van der Waals surface area (Å²) in [5.41, 5.74) is 3.29. The lowest BCUT2D eigenvalue weighted by molar-refractivity contribution is 0.104. The summed E-state index contributed by atoms with van der Waals surface area (Å²) in [6, 6.07) is 9.48. The van der Waals surface area contributed by atoms with Crippen LogP contribution in [0, 0.1) is 0 Å². The summed E-state index contributed by atoms with van der Waals surface area (Å²) in [5.74, 6) is 0.664. The van der Waals surface area contributed by atoms with Crippen molar-refractivity contribution < 1.29 is 24.8 Å². The Morgan fingerprint density at radius 1 is 0.963 bits per heavy atom. The number of aliphatic hydroxyl groups is 2. The van der Waals surface area contributed by atoms with Crippen LogP contribution in [-0.2, 0) is 6.42 Å². The minimum absolute atomic E-state index is 0.0440. The van der Waals surface area contributed by atoms with Gasteiger partial charge in [0, 0.05) is 24.0 Å². The Morgan fingerprint density at radius 2 is 1.67 bits per heavy atom. The summed E-state index contributed by atoms with van der Waals surface area (Å²) in [7, 11) is 3.01. The molecule has 3 N–H and O–H groups in total. The SMILES string of the molecule is COc1c2cc(c(OC)c1O)Cc1ccc(cc1)[C@@H](O)C[C@@H](O)/C=C\C=C/2. The van der Waals surface area contributed by atoms with Crippen molar-refractivity contribution in [3.05, 3.63) is 70.8 Å². The molecule has 2 aromatic rings. The summed E-state index contributed by atoms with van der Waals surface area (Å²) in [6.45, 7) is 0. The molecule has 5 nitrogen and oxygen atoms in total. The molecule has 2 aliphatic rings. The third kappa shape index (κ3) is 4.15. The van der Waals surface area contributed by atoms with Gasteiger partial charge in [-0.2, -0.15) is 0 Å². The van der Waals surface area contributed by atoms with Crippen LogP contribution >= 0.6 is 0 Å². The number of phenols is 1. The van der Waals surface area contributed by atoms with Crippen LogP contribution < -0.4 is 9.47 Å². The molecule has 0 spiro atoms. The maximum absolute atomic E-state index is 10.6. The molecular formula is C22H24O5. The molecule has 0 fully saturated rings. The molecule has 0 aliphatic heterocycles. The number of methoxy groups -OCH3 is 2. The molecule has 5 heteroatoms. The number of phenolic OH excluding ortho intramolecular Hbond substituents is 1. The lowest BCUT2D eigenvalue weighted by atomic mass is 9.97. The molecule has 0 saturated heterocycles. The number of aromatic hydroxyl groups is 1. The first-order valence-corrected chi connectivity index (χ1v) is 8.80. The normalized spacial score (nSPS) is 21.8. The molecule has 27 heavy (non-hydrogen) atoms. The number of allylic oxidation sites excluding steroid dienone is 2. The summed E-state index contributed by atoms with van der Waals surface area (Å²) in [5, 5.41) is 31.0. The fraction of sp³-hybridized carbons (Fsp3) is 0.273. The molecule has 4 rings (SSSR count). The highest BCUT2D eigenvalue weighted by Gasteiger charge is 2.19. The van der Waals surface area contributed by atoms with Gasteiger partial charge in [-0.3, -0.25) is 0 Å². The second-order valence-corrected chi connectivity index (χ2v) is 6.52. The van der Waals surface area contributed by atoms with E-state index in [-0.39, 0.29) is 12.2 Å². The van der Waals surface area contributed by atoms with Gasteiger partial charge < -0.3 is 24.8 Å². The predicted octanol–water partition coefficient (Wildman–Crippen LogP) is 3.37. The first-order valence-electron chi connectivity index (χ1n) is 8.80. The van der Waals surface area contributed by atoms with Gasteiger partial charge in [-0.1, -0.05) is 48.6 Å². The summed E-state index contributed by atoms with van der Waals surface area (Å²) < 4.78 is 10.8. The number of fused-ring (bicyclic) bond motifs is 6. The average molecular weight is 368 g/mol. The van der Waals surface area contributed by atoms with E-state index in [0.29, 0.717) is 23.5 Å². The maximum atomic E-state index is 10.6. The van der Waals surface area contributed by atoms with Crippen molar-refractivity contribution in [1.82, 2.24) is 0 Å². The van der Waals surface area contributed by atoms with Crippen molar-refractivity contribution in [2.24, 2.45) is 0 Å². The molecular weight excluding hydrogens is 344 g/mol. The van der Waals surface area contributed by atoms with Crippen LogP contribution in [0.2, 0.25) is 0 Å². The predicted molar refractivity (Wildman–Crippen MR) is 104 cm³/mol. The molecule has 0 unspecified atom stereocenters. The number of hydrogen-bond donors (Lipinski definition) is 3.